The van der Waals surface area contributed by atoms with Gasteiger partial charge in [-0.2, -0.15) is 0 Å². The Hall–Kier alpha value is -2.73. The van der Waals surface area contributed by atoms with E-state index in [1.54, 1.807) is 0 Å². The van der Waals surface area contributed by atoms with Crippen LogP contribution >= 0.6 is 0 Å². The number of aromatic nitrogens is 4. The first-order chi connectivity index (χ1) is 13.2. The van der Waals surface area contributed by atoms with Crippen molar-refractivity contribution in [2.24, 2.45) is 0 Å². The van der Waals surface area contributed by atoms with Crippen molar-refractivity contribution in [3.05, 3.63) is 54.2 Å². The van der Waals surface area contributed by atoms with Crippen LogP contribution in [0, 0.1) is 6.92 Å². The van der Waals surface area contributed by atoms with Gasteiger partial charge in [0.25, 0.3) is 8.32 Å². The molecule has 5 nitrogen and oxygen atoms in total. The second-order valence-corrected chi connectivity index (χ2v) is 13.6. The van der Waals surface area contributed by atoms with Gasteiger partial charge in [0.05, 0.1) is 0 Å². The number of aryl methyl sites for hydroxylation is 1. The van der Waals surface area contributed by atoms with Crippen molar-refractivity contribution in [3.63, 3.8) is 0 Å². The fourth-order valence-electron chi connectivity index (χ4n) is 2.92. The summed E-state index contributed by atoms with van der Waals surface area (Å²) in [6.07, 6.45) is 1.99. The summed E-state index contributed by atoms with van der Waals surface area (Å²) >= 11 is 0. The molecule has 0 amide bonds. The Labute approximate surface area is 166 Å². The minimum atomic E-state index is -1.97. The molecule has 0 spiro atoms. The molecule has 3 heterocycles. The highest BCUT2D eigenvalue weighted by Gasteiger charge is 2.39. The topological polar surface area (TPSA) is 52.3 Å². The van der Waals surface area contributed by atoms with Crippen molar-refractivity contribution in [2.45, 2.75) is 45.8 Å². The van der Waals surface area contributed by atoms with E-state index in [-0.39, 0.29) is 5.04 Å². The SMILES string of the molecule is Cc1ccn2c(-c3ccc4cccc(O[Si](C)(C)C(C)(C)C)c4n3)nnc2c1. The smallest absolute Gasteiger partial charge is 0.250 e. The van der Waals surface area contributed by atoms with Crippen LogP contribution in [0.5, 0.6) is 5.75 Å². The number of para-hydroxylation sites is 1. The molecule has 0 atom stereocenters. The van der Waals surface area contributed by atoms with Crippen LogP contribution in [0.2, 0.25) is 18.1 Å². The summed E-state index contributed by atoms with van der Waals surface area (Å²) in [4.78, 5) is 4.93. The second kappa shape index (κ2) is 6.41. The molecular formula is C22H26N4OSi. The molecule has 0 unspecified atom stereocenters. The van der Waals surface area contributed by atoms with E-state index in [0.717, 1.165) is 39.4 Å². The van der Waals surface area contributed by atoms with Crippen molar-refractivity contribution in [2.75, 3.05) is 0 Å². The molecule has 4 aromatic rings. The third-order valence-corrected chi connectivity index (χ3v) is 9.99. The molecule has 0 saturated carbocycles. The van der Waals surface area contributed by atoms with E-state index < -0.39 is 8.32 Å². The zero-order valence-electron chi connectivity index (χ0n) is 17.3. The average molecular weight is 391 g/mol. The van der Waals surface area contributed by atoms with Crippen molar-refractivity contribution < 1.29 is 4.43 Å². The molecule has 0 saturated heterocycles. The largest absolute Gasteiger partial charge is 0.542 e. The average Bonchev–Trinajstić information content (AvgIpc) is 3.03. The molecule has 144 valence electrons. The first kappa shape index (κ1) is 18.6. The number of hydrogen-bond donors (Lipinski definition) is 0. The lowest BCUT2D eigenvalue weighted by molar-refractivity contribution is 0.495. The molecule has 0 bridgehead atoms. The van der Waals surface area contributed by atoms with Crippen LogP contribution in [0.15, 0.2) is 48.7 Å². The van der Waals surface area contributed by atoms with Crippen LogP contribution in [-0.4, -0.2) is 27.9 Å². The van der Waals surface area contributed by atoms with Gasteiger partial charge in [-0.05, 0) is 54.9 Å². The molecular weight excluding hydrogens is 364 g/mol. The normalized spacial score (nSPS) is 12.6. The first-order valence-electron chi connectivity index (χ1n) is 9.56. The monoisotopic (exact) mass is 390 g/mol. The Balaban J connectivity index is 1.84. The van der Waals surface area contributed by atoms with E-state index in [4.69, 9.17) is 9.41 Å². The summed E-state index contributed by atoms with van der Waals surface area (Å²) in [7, 11) is -1.97. The quantitative estimate of drug-likeness (QED) is 0.425. The standard InChI is InChI=1S/C22H26N4OSi/c1-15-12-13-26-19(14-15)24-25-21(26)17-11-10-16-8-7-9-18(20(16)23-17)27-28(5,6)22(2,3)4/h7-14H,1-6H3. The van der Waals surface area contributed by atoms with Gasteiger partial charge in [-0.25, -0.2) is 4.98 Å². The zero-order chi connectivity index (χ0) is 20.1. The minimum absolute atomic E-state index is 0.119. The molecule has 0 fully saturated rings. The summed E-state index contributed by atoms with van der Waals surface area (Å²) in [5.41, 5.74) is 3.63. The minimum Gasteiger partial charge on any atom is -0.542 e. The number of pyridine rings is 2. The Morgan fingerprint density at radius 3 is 2.54 bits per heavy atom. The summed E-state index contributed by atoms with van der Waals surface area (Å²) in [6, 6.07) is 14.2. The Morgan fingerprint density at radius 1 is 1.00 bits per heavy atom. The fraction of sp³-hybridized carbons (Fsp3) is 0.318. The van der Waals surface area contributed by atoms with Gasteiger partial charge in [-0.3, -0.25) is 4.40 Å². The highest BCUT2D eigenvalue weighted by Crippen LogP contribution is 2.39. The number of nitrogens with zero attached hydrogens (tertiary/aromatic N) is 4. The number of fused-ring (bicyclic) bond motifs is 2. The first-order valence-corrected chi connectivity index (χ1v) is 12.5. The highest BCUT2D eigenvalue weighted by molar-refractivity contribution is 6.74. The number of rotatable bonds is 3. The third kappa shape index (κ3) is 3.18. The van der Waals surface area contributed by atoms with Gasteiger partial charge in [0.2, 0.25) is 0 Å². The van der Waals surface area contributed by atoms with E-state index in [1.165, 1.54) is 0 Å². The molecule has 6 heteroatoms. The van der Waals surface area contributed by atoms with E-state index in [2.05, 4.69) is 56.2 Å². The molecule has 0 N–H and O–H groups in total. The maximum absolute atomic E-state index is 6.59. The van der Waals surface area contributed by atoms with Crippen LogP contribution in [0.25, 0.3) is 28.1 Å². The van der Waals surface area contributed by atoms with Crippen LogP contribution in [0.4, 0.5) is 0 Å². The van der Waals surface area contributed by atoms with Gasteiger partial charge in [-0.15, -0.1) is 10.2 Å². The lowest BCUT2D eigenvalue weighted by Gasteiger charge is -2.36. The van der Waals surface area contributed by atoms with Gasteiger partial charge < -0.3 is 4.43 Å². The highest BCUT2D eigenvalue weighted by atomic mass is 28.4. The maximum Gasteiger partial charge on any atom is 0.250 e. The van der Waals surface area contributed by atoms with Crippen LogP contribution < -0.4 is 4.43 Å². The zero-order valence-corrected chi connectivity index (χ0v) is 18.3. The predicted molar refractivity (Wildman–Crippen MR) is 116 cm³/mol. The van der Waals surface area contributed by atoms with Crippen molar-refractivity contribution in [1.82, 2.24) is 19.6 Å². The van der Waals surface area contributed by atoms with Gasteiger partial charge in [0.15, 0.2) is 11.5 Å². The summed E-state index contributed by atoms with van der Waals surface area (Å²) in [5, 5.41) is 9.85. The summed E-state index contributed by atoms with van der Waals surface area (Å²) < 4.78 is 8.56. The van der Waals surface area contributed by atoms with Crippen molar-refractivity contribution in [1.29, 1.82) is 0 Å². The molecule has 0 aliphatic carbocycles. The number of benzene rings is 1. The van der Waals surface area contributed by atoms with Crippen LogP contribution in [-0.2, 0) is 0 Å². The Morgan fingerprint density at radius 2 is 1.79 bits per heavy atom. The van der Waals surface area contributed by atoms with Gasteiger partial charge >= 0.3 is 0 Å². The third-order valence-electron chi connectivity index (χ3n) is 5.65. The molecule has 0 aliphatic rings. The lowest BCUT2D eigenvalue weighted by Crippen LogP contribution is -2.43. The molecule has 4 rings (SSSR count). The van der Waals surface area contributed by atoms with E-state index in [0.29, 0.717) is 0 Å². The van der Waals surface area contributed by atoms with Gasteiger partial charge in [0.1, 0.15) is 17.0 Å². The molecule has 3 aromatic heterocycles. The Kier molecular flexibility index (Phi) is 4.26. The van der Waals surface area contributed by atoms with Crippen molar-refractivity contribution >= 4 is 24.9 Å². The second-order valence-electron chi connectivity index (χ2n) is 8.84. The predicted octanol–water partition coefficient (Wildman–Crippen LogP) is 5.64. The van der Waals surface area contributed by atoms with Gasteiger partial charge in [-0.1, -0.05) is 39.0 Å². The fourth-order valence-corrected chi connectivity index (χ4v) is 3.94. The molecule has 0 radical (unpaired) electrons. The van der Waals surface area contributed by atoms with E-state index in [9.17, 15) is 0 Å². The lowest BCUT2D eigenvalue weighted by atomic mass is 10.2. The molecule has 1 aromatic carbocycles. The Bertz CT molecular complexity index is 1170. The molecule has 28 heavy (non-hydrogen) atoms. The van der Waals surface area contributed by atoms with E-state index >= 15 is 0 Å². The van der Waals surface area contributed by atoms with Crippen molar-refractivity contribution in [3.8, 4) is 17.3 Å². The summed E-state index contributed by atoms with van der Waals surface area (Å²) in [5.74, 6) is 1.58. The van der Waals surface area contributed by atoms with Crippen LogP contribution in [0.3, 0.4) is 0 Å². The molecule has 0 aliphatic heterocycles. The van der Waals surface area contributed by atoms with Gasteiger partial charge in [0, 0.05) is 11.6 Å². The maximum atomic E-state index is 6.59. The van der Waals surface area contributed by atoms with Crippen LogP contribution in [0.1, 0.15) is 26.3 Å². The summed E-state index contributed by atoms with van der Waals surface area (Å²) in [6.45, 7) is 13.3. The van der Waals surface area contributed by atoms with E-state index in [1.807, 2.05) is 47.9 Å². The number of hydrogen-bond acceptors (Lipinski definition) is 4.